The lowest BCUT2D eigenvalue weighted by Gasteiger charge is -2.37. The summed E-state index contributed by atoms with van der Waals surface area (Å²) in [5.74, 6) is 3.16. The molecule has 0 bridgehead atoms. The van der Waals surface area contributed by atoms with Gasteiger partial charge in [0.15, 0.2) is 0 Å². The Balaban J connectivity index is 1.86. The summed E-state index contributed by atoms with van der Waals surface area (Å²) in [7, 11) is 2.11. The topological polar surface area (TPSA) is 12.0 Å². The molecule has 1 nitrogen and oxygen atoms in total. The number of nitrogens with one attached hydrogen (secondary N) is 1. The van der Waals surface area contributed by atoms with Crippen molar-refractivity contribution in [2.24, 2.45) is 17.8 Å². The maximum Gasteiger partial charge on any atom is -0.00182 e. The van der Waals surface area contributed by atoms with E-state index in [-0.39, 0.29) is 0 Å². The van der Waals surface area contributed by atoms with Gasteiger partial charge in [0, 0.05) is 0 Å². The largest absolute Gasteiger partial charge is 0.319 e. The zero-order chi connectivity index (χ0) is 9.10. The third-order valence-electron chi connectivity index (χ3n) is 4.20. The fourth-order valence-electron chi connectivity index (χ4n) is 3.21. The van der Waals surface area contributed by atoms with Crippen molar-refractivity contribution in [3.8, 4) is 0 Å². The van der Waals surface area contributed by atoms with Crippen LogP contribution in [0.4, 0.5) is 0 Å². The summed E-state index contributed by atoms with van der Waals surface area (Å²) in [5.41, 5.74) is 0. The molecule has 1 atom stereocenters. The molecule has 0 aliphatic heterocycles. The minimum absolute atomic E-state index is 1.02. The van der Waals surface area contributed by atoms with Crippen LogP contribution in [0.3, 0.4) is 0 Å². The molecule has 1 unspecified atom stereocenters. The van der Waals surface area contributed by atoms with Crippen LogP contribution < -0.4 is 5.32 Å². The first-order valence-corrected chi connectivity index (χ1v) is 6.06. The summed E-state index contributed by atoms with van der Waals surface area (Å²) >= 11 is 0. The van der Waals surface area contributed by atoms with Gasteiger partial charge in [0.05, 0.1) is 0 Å². The molecule has 0 spiro atoms. The van der Waals surface area contributed by atoms with Crippen molar-refractivity contribution in [3.05, 3.63) is 0 Å². The highest BCUT2D eigenvalue weighted by Crippen LogP contribution is 2.42. The van der Waals surface area contributed by atoms with Gasteiger partial charge in [-0.05, 0) is 31.3 Å². The van der Waals surface area contributed by atoms with Gasteiger partial charge in [-0.2, -0.15) is 0 Å². The van der Waals surface area contributed by atoms with Gasteiger partial charge in [-0.15, -0.1) is 0 Å². The predicted molar refractivity (Wildman–Crippen MR) is 56.7 cm³/mol. The van der Waals surface area contributed by atoms with Crippen LogP contribution in [0.1, 0.15) is 44.9 Å². The maximum atomic E-state index is 3.39. The van der Waals surface area contributed by atoms with Gasteiger partial charge < -0.3 is 5.32 Å². The lowest BCUT2D eigenvalue weighted by atomic mass is 9.70. The molecule has 1 heteroatoms. The van der Waals surface area contributed by atoms with Crippen LogP contribution >= 0.6 is 0 Å². The van der Waals surface area contributed by atoms with Crippen LogP contribution in [0.25, 0.3) is 0 Å². The second-order valence-corrected chi connectivity index (χ2v) is 4.96. The second kappa shape index (κ2) is 4.45. The van der Waals surface area contributed by atoms with Crippen LogP contribution in [-0.4, -0.2) is 13.6 Å². The molecule has 0 amide bonds. The monoisotopic (exact) mass is 181 g/mol. The first kappa shape index (κ1) is 9.51. The van der Waals surface area contributed by atoms with E-state index in [9.17, 15) is 0 Å². The summed E-state index contributed by atoms with van der Waals surface area (Å²) < 4.78 is 0. The van der Waals surface area contributed by atoms with Gasteiger partial charge in [-0.25, -0.2) is 0 Å². The minimum Gasteiger partial charge on any atom is -0.319 e. The van der Waals surface area contributed by atoms with Crippen LogP contribution in [0.15, 0.2) is 0 Å². The second-order valence-electron chi connectivity index (χ2n) is 4.96. The van der Waals surface area contributed by atoms with E-state index < -0.39 is 0 Å². The van der Waals surface area contributed by atoms with Crippen LogP contribution in [-0.2, 0) is 0 Å². The standard InChI is InChI=1S/C12H23N/c1-13-9-12(11-7-4-8-11)10-5-2-3-6-10/h10-13H,2-9H2,1H3. The summed E-state index contributed by atoms with van der Waals surface area (Å²) in [6.07, 6.45) is 10.6. The first-order chi connectivity index (χ1) is 6.42. The highest BCUT2D eigenvalue weighted by Gasteiger charge is 2.33. The van der Waals surface area contributed by atoms with E-state index in [1.165, 1.54) is 51.5 Å². The average Bonchev–Trinajstić information content (AvgIpc) is 2.51. The van der Waals surface area contributed by atoms with E-state index in [0.29, 0.717) is 0 Å². The molecule has 0 aromatic rings. The Bertz CT molecular complexity index is 145. The van der Waals surface area contributed by atoms with E-state index in [2.05, 4.69) is 12.4 Å². The van der Waals surface area contributed by atoms with Crippen molar-refractivity contribution < 1.29 is 0 Å². The smallest absolute Gasteiger partial charge is 0.00182 e. The molecular formula is C12H23N. The molecule has 0 aromatic heterocycles. The molecule has 2 rings (SSSR count). The van der Waals surface area contributed by atoms with Crippen LogP contribution in [0, 0.1) is 17.8 Å². The Kier molecular flexibility index (Phi) is 3.26. The third kappa shape index (κ3) is 2.07. The van der Waals surface area contributed by atoms with Crippen molar-refractivity contribution in [2.75, 3.05) is 13.6 Å². The molecule has 1 N–H and O–H groups in total. The predicted octanol–water partition coefficient (Wildman–Crippen LogP) is 2.81. The van der Waals surface area contributed by atoms with Gasteiger partial charge in [0.1, 0.15) is 0 Å². The van der Waals surface area contributed by atoms with Crippen molar-refractivity contribution in [2.45, 2.75) is 44.9 Å². The summed E-state index contributed by atoms with van der Waals surface area (Å²) in [6.45, 7) is 1.27. The molecule has 0 aromatic carbocycles. The molecule has 76 valence electrons. The molecule has 2 aliphatic rings. The molecular weight excluding hydrogens is 158 g/mol. The fourth-order valence-corrected chi connectivity index (χ4v) is 3.21. The molecule has 2 aliphatic carbocycles. The quantitative estimate of drug-likeness (QED) is 0.703. The van der Waals surface area contributed by atoms with E-state index in [1.807, 2.05) is 0 Å². The Hall–Kier alpha value is -0.0400. The molecule has 2 saturated carbocycles. The molecule has 2 fully saturated rings. The van der Waals surface area contributed by atoms with Crippen LogP contribution in [0.5, 0.6) is 0 Å². The van der Waals surface area contributed by atoms with Gasteiger partial charge in [-0.3, -0.25) is 0 Å². The van der Waals surface area contributed by atoms with E-state index in [1.54, 1.807) is 0 Å². The number of hydrogen-bond donors (Lipinski definition) is 1. The Labute approximate surface area is 82.3 Å². The van der Waals surface area contributed by atoms with Crippen molar-refractivity contribution in [1.29, 1.82) is 0 Å². The lowest BCUT2D eigenvalue weighted by Crippen LogP contribution is -2.34. The molecule has 13 heavy (non-hydrogen) atoms. The van der Waals surface area contributed by atoms with Crippen molar-refractivity contribution in [1.82, 2.24) is 5.32 Å². The van der Waals surface area contributed by atoms with Gasteiger partial charge >= 0.3 is 0 Å². The normalized spacial score (nSPS) is 27.5. The van der Waals surface area contributed by atoms with E-state index in [0.717, 1.165) is 17.8 Å². The zero-order valence-corrected chi connectivity index (χ0v) is 8.89. The highest BCUT2D eigenvalue weighted by atomic mass is 14.8. The Morgan fingerprint density at radius 3 is 1.92 bits per heavy atom. The molecule has 0 radical (unpaired) electrons. The fraction of sp³-hybridized carbons (Fsp3) is 1.00. The van der Waals surface area contributed by atoms with Crippen LogP contribution in [0.2, 0.25) is 0 Å². The van der Waals surface area contributed by atoms with Gasteiger partial charge in [0.25, 0.3) is 0 Å². The van der Waals surface area contributed by atoms with Gasteiger partial charge in [-0.1, -0.05) is 44.9 Å². The number of hydrogen-bond acceptors (Lipinski definition) is 1. The van der Waals surface area contributed by atoms with Crippen molar-refractivity contribution in [3.63, 3.8) is 0 Å². The van der Waals surface area contributed by atoms with Crippen molar-refractivity contribution >= 4 is 0 Å². The highest BCUT2D eigenvalue weighted by molar-refractivity contribution is 4.85. The summed E-state index contributed by atoms with van der Waals surface area (Å²) in [6, 6.07) is 0. The zero-order valence-electron chi connectivity index (χ0n) is 8.89. The Morgan fingerprint density at radius 2 is 1.54 bits per heavy atom. The summed E-state index contributed by atoms with van der Waals surface area (Å²) in [4.78, 5) is 0. The molecule has 0 saturated heterocycles. The van der Waals surface area contributed by atoms with Gasteiger partial charge in [0.2, 0.25) is 0 Å². The molecule has 0 heterocycles. The first-order valence-electron chi connectivity index (χ1n) is 6.06. The van der Waals surface area contributed by atoms with E-state index in [4.69, 9.17) is 0 Å². The Morgan fingerprint density at radius 1 is 1.00 bits per heavy atom. The number of rotatable bonds is 4. The maximum absolute atomic E-state index is 3.39. The lowest BCUT2D eigenvalue weighted by molar-refractivity contribution is 0.144. The summed E-state index contributed by atoms with van der Waals surface area (Å²) in [5, 5.41) is 3.39. The SMILES string of the molecule is CNCC(C1CCCC1)C1CCC1. The average molecular weight is 181 g/mol. The van der Waals surface area contributed by atoms with E-state index >= 15 is 0 Å². The minimum atomic E-state index is 1.02. The third-order valence-corrected chi connectivity index (χ3v) is 4.20.